The lowest BCUT2D eigenvalue weighted by atomic mass is 9.93. The minimum Gasteiger partial charge on any atom is -0.0610 e. The standard InChI is InChI=1S/C17H11/c1-11-9-14-7-5-12-3-2-4-13-6-8-15(10-11)17(14)16(12)13/h2-9H,1H3. The van der Waals surface area contributed by atoms with Crippen LogP contribution >= 0.6 is 0 Å². The monoisotopic (exact) mass is 215 g/mol. The van der Waals surface area contributed by atoms with E-state index in [-0.39, 0.29) is 0 Å². The second-order valence-electron chi connectivity index (χ2n) is 4.67. The number of hydrogen-bond donors (Lipinski definition) is 0. The zero-order valence-electron chi connectivity index (χ0n) is 9.62. The van der Waals surface area contributed by atoms with Crippen molar-refractivity contribution in [3.05, 3.63) is 60.2 Å². The smallest absolute Gasteiger partial charge is 0.00204 e. The summed E-state index contributed by atoms with van der Waals surface area (Å²) >= 11 is 0. The maximum Gasteiger partial charge on any atom is -0.00204 e. The Morgan fingerprint density at radius 1 is 0.765 bits per heavy atom. The molecule has 0 saturated heterocycles. The summed E-state index contributed by atoms with van der Waals surface area (Å²) in [6.45, 7) is 2.11. The van der Waals surface area contributed by atoms with E-state index in [0.717, 1.165) is 0 Å². The second kappa shape index (κ2) is 2.98. The summed E-state index contributed by atoms with van der Waals surface area (Å²) in [7, 11) is 0. The van der Waals surface area contributed by atoms with Crippen molar-refractivity contribution in [2.75, 3.05) is 0 Å². The zero-order valence-corrected chi connectivity index (χ0v) is 9.62. The normalized spacial score (nSPS) is 11.8. The molecule has 0 atom stereocenters. The van der Waals surface area contributed by atoms with E-state index in [0.29, 0.717) is 0 Å². The van der Waals surface area contributed by atoms with Crippen LogP contribution in [0.2, 0.25) is 0 Å². The van der Waals surface area contributed by atoms with Gasteiger partial charge in [0.25, 0.3) is 0 Å². The van der Waals surface area contributed by atoms with Gasteiger partial charge in [0.2, 0.25) is 0 Å². The van der Waals surface area contributed by atoms with Crippen LogP contribution in [-0.2, 0) is 0 Å². The highest BCUT2D eigenvalue weighted by atomic mass is 14.1. The molecule has 0 N–H and O–H groups in total. The molecule has 0 saturated carbocycles. The van der Waals surface area contributed by atoms with Crippen LogP contribution in [0.25, 0.3) is 32.3 Å². The minimum atomic E-state index is 1.20. The first-order valence-electron chi connectivity index (χ1n) is 5.89. The molecule has 0 aliphatic carbocycles. The van der Waals surface area contributed by atoms with Crippen molar-refractivity contribution in [1.29, 1.82) is 0 Å². The summed E-state index contributed by atoms with van der Waals surface area (Å²) in [6.07, 6.45) is 0. The summed E-state index contributed by atoms with van der Waals surface area (Å²) in [5.74, 6) is 0. The molecule has 79 valence electrons. The molecule has 0 spiro atoms. The van der Waals surface area contributed by atoms with E-state index < -0.39 is 0 Å². The van der Waals surface area contributed by atoms with Gasteiger partial charge in [0.15, 0.2) is 0 Å². The third kappa shape index (κ3) is 1.13. The second-order valence-corrected chi connectivity index (χ2v) is 4.67. The van der Waals surface area contributed by atoms with E-state index in [1.165, 1.54) is 37.9 Å². The van der Waals surface area contributed by atoms with Crippen LogP contribution in [0.4, 0.5) is 0 Å². The lowest BCUT2D eigenvalue weighted by molar-refractivity contribution is 1.51. The number of rotatable bonds is 0. The van der Waals surface area contributed by atoms with E-state index in [4.69, 9.17) is 0 Å². The van der Waals surface area contributed by atoms with Crippen molar-refractivity contribution < 1.29 is 0 Å². The fourth-order valence-corrected chi connectivity index (χ4v) is 2.82. The lowest BCUT2D eigenvalue weighted by Crippen LogP contribution is -1.84. The molecule has 0 aliphatic rings. The Kier molecular flexibility index (Phi) is 1.58. The molecule has 0 nitrogen and oxygen atoms in total. The van der Waals surface area contributed by atoms with Gasteiger partial charge in [-0.3, -0.25) is 0 Å². The molecule has 0 bridgehead atoms. The van der Waals surface area contributed by atoms with E-state index in [2.05, 4.69) is 61.5 Å². The molecule has 0 aromatic heterocycles. The van der Waals surface area contributed by atoms with Crippen LogP contribution < -0.4 is 0 Å². The van der Waals surface area contributed by atoms with E-state index >= 15 is 0 Å². The third-order valence-electron chi connectivity index (χ3n) is 3.51. The van der Waals surface area contributed by atoms with Crippen LogP contribution in [-0.4, -0.2) is 0 Å². The van der Waals surface area contributed by atoms with Crippen molar-refractivity contribution >= 4 is 32.3 Å². The number of aryl methyl sites for hydroxylation is 1. The highest BCUT2D eigenvalue weighted by molar-refractivity contribution is 6.22. The minimum absolute atomic E-state index is 1.20. The third-order valence-corrected chi connectivity index (χ3v) is 3.51. The van der Waals surface area contributed by atoms with Crippen molar-refractivity contribution in [3.63, 3.8) is 0 Å². The topological polar surface area (TPSA) is 0 Å². The predicted octanol–water partition coefficient (Wildman–Crippen LogP) is 4.69. The average molecular weight is 215 g/mol. The maximum atomic E-state index is 3.45. The Bertz CT molecular complexity index is 776. The van der Waals surface area contributed by atoms with Crippen LogP contribution in [0, 0.1) is 13.0 Å². The molecule has 1 radical (unpaired) electrons. The average Bonchev–Trinajstić information content (AvgIpc) is 2.35. The molecular formula is C17H11. The first-order chi connectivity index (χ1) is 8.33. The van der Waals surface area contributed by atoms with Gasteiger partial charge in [-0.15, -0.1) is 0 Å². The molecule has 17 heavy (non-hydrogen) atoms. The van der Waals surface area contributed by atoms with E-state index in [1.54, 1.807) is 0 Å². The number of hydrogen-bond acceptors (Lipinski definition) is 0. The van der Waals surface area contributed by atoms with E-state index in [1.807, 2.05) is 0 Å². The van der Waals surface area contributed by atoms with Gasteiger partial charge in [0, 0.05) is 0 Å². The number of benzene rings is 4. The first-order valence-corrected chi connectivity index (χ1v) is 5.89. The quantitative estimate of drug-likeness (QED) is 0.373. The Labute approximate surface area is 99.8 Å². The van der Waals surface area contributed by atoms with Gasteiger partial charge in [0.05, 0.1) is 0 Å². The zero-order chi connectivity index (χ0) is 11.4. The molecule has 0 amide bonds. The van der Waals surface area contributed by atoms with Crippen LogP contribution in [0.1, 0.15) is 5.56 Å². The summed E-state index contributed by atoms with van der Waals surface area (Å²) < 4.78 is 0. The highest BCUT2D eigenvalue weighted by Crippen LogP contribution is 2.34. The van der Waals surface area contributed by atoms with Gasteiger partial charge >= 0.3 is 0 Å². The summed E-state index contributed by atoms with van der Waals surface area (Å²) in [6, 6.07) is 20.9. The molecule has 0 aliphatic heterocycles. The van der Waals surface area contributed by atoms with Crippen molar-refractivity contribution in [2.24, 2.45) is 0 Å². The predicted molar refractivity (Wildman–Crippen MR) is 73.7 cm³/mol. The van der Waals surface area contributed by atoms with Crippen molar-refractivity contribution in [2.45, 2.75) is 6.92 Å². The fourth-order valence-electron chi connectivity index (χ4n) is 2.82. The Hall–Kier alpha value is -2.08. The fraction of sp³-hybridized carbons (Fsp3) is 0.0588. The molecule has 0 heterocycles. The molecule has 0 heteroatoms. The van der Waals surface area contributed by atoms with Crippen LogP contribution in [0.3, 0.4) is 0 Å². The lowest BCUT2D eigenvalue weighted by Gasteiger charge is -2.10. The van der Waals surface area contributed by atoms with Gasteiger partial charge in [-0.25, -0.2) is 0 Å². The summed E-state index contributed by atoms with van der Waals surface area (Å²) in [5, 5.41) is 7.91. The van der Waals surface area contributed by atoms with Crippen LogP contribution in [0.5, 0.6) is 0 Å². The summed E-state index contributed by atoms with van der Waals surface area (Å²) in [5.41, 5.74) is 1.20. The first kappa shape index (κ1) is 9.00. The molecule has 0 unspecified atom stereocenters. The Balaban J connectivity index is 2.45. The molecular weight excluding hydrogens is 204 g/mol. The molecule has 4 aromatic rings. The Morgan fingerprint density at radius 2 is 1.47 bits per heavy atom. The Morgan fingerprint density at radius 3 is 2.29 bits per heavy atom. The molecule has 0 fully saturated rings. The van der Waals surface area contributed by atoms with Gasteiger partial charge < -0.3 is 0 Å². The molecule has 4 rings (SSSR count). The largest absolute Gasteiger partial charge is 0.0610 e. The van der Waals surface area contributed by atoms with Crippen LogP contribution in [0.15, 0.2) is 48.5 Å². The van der Waals surface area contributed by atoms with Crippen molar-refractivity contribution in [3.8, 4) is 0 Å². The van der Waals surface area contributed by atoms with E-state index in [9.17, 15) is 0 Å². The highest BCUT2D eigenvalue weighted by Gasteiger charge is 2.07. The maximum absolute atomic E-state index is 3.45. The SMILES string of the molecule is Cc1[c]c2ccc3cccc4ccc(c1)c2c34. The van der Waals surface area contributed by atoms with Gasteiger partial charge in [0.1, 0.15) is 0 Å². The van der Waals surface area contributed by atoms with Crippen molar-refractivity contribution in [1.82, 2.24) is 0 Å². The van der Waals surface area contributed by atoms with Gasteiger partial charge in [-0.1, -0.05) is 48.5 Å². The summed E-state index contributed by atoms with van der Waals surface area (Å²) in [4.78, 5) is 0. The van der Waals surface area contributed by atoms with Gasteiger partial charge in [-0.2, -0.15) is 0 Å². The van der Waals surface area contributed by atoms with Gasteiger partial charge in [-0.05, 0) is 50.9 Å². The molecule has 4 aromatic carbocycles.